The Morgan fingerprint density at radius 2 is 0.868 bits per heavy atom. The van der Waals surface area contributed by atoms with Crippen molar-refractivity contribution >= 4 is 32.8 Å². The van der Waals surface area contributed by atoms with E-state index in [9.17, 15) is 0 Å². The minimum absolute atomic E-state index is 0.578. The topological polar surface area (TPSA) is 77.6 Å². The summed E-state index contributed by atoms with van der Waals surface area (Å²) in [6, 6.07) is 59.4. The van der Waals surface area contributed by atoms with Gasteiger partial charge in [-0.15, -0.1) is 0 Å². The summed E-state index contributed by atoms with van der Waals surface area (Å²) in [5, 5.41) is 3.31. The Morgan fingerprint density at radius 1 is 0.321 bits per heavy atom. The number of para-hydroxylation sites is 1. The van der Waals surface area contributed by atoms with Gasteiger partial charge in [0.05, 0.1) is 11.2 Å². The predicted octanol–water partition coefficient (Wildman–Crippen LogP) is 11.7. The number of hydrogen-bond acceptors (Lipinski definition) is 6. The molecule has 3 heterocycles. The highest BCUT2D eigenvalue weighted by Crippen LogP contribution is 2.41. The van der Waals surface area contributed by atoms with Gasteiger partial charge in [-0.25, -0.2) is 24.9 Å². The van der Waals surface area contributed by atoms with Gasteiger partial charge in [-0.1, -0.05) is 140 Å². The van der Waals surface area contributed by atoms with Crippen LogP contribution in [0.2, 0.25) is 0 Å². The first-order chi connectivity index (χ1) is 26.2. The van der Waals surface area contributed by atoms with Gasteiger partial charge in [-0.05, 0) is 52.9 Å². The number of benzene rings is 7. The molecule has 0 radical (unpaired) electrons. The quantitative estimate of drug-likeness (QED) is 0.163. The van der Waals surface area contributed by atoms with Gasteiger partial charge < -0.3 is 4.42 Å². The van der Waals surface area contributed by atoms with E-state index in [0.29, 0.717) is 28.9 Å². The van der Waals surface area contributed by atoms with Crippen LogP contribution in [0.3, 0.4) is 0 Å². The number of aromatic nitrogens is 5. The predicted molar refractivity (Wildman–Crippen MR) is 213 cm³/mol. The third-order valence-electron chi connectivity index (χ3n) is 9.56. The molecule has 0 aliphatic carbocycles. The Morgan fingerprint density at radius 3 is 1.55 bits per heavy atom. The average Bonchev–Trinajstić information content (AvgIpc) is 3.68. The summed E-state index contributed by atoms with van der Waals surface area (Å²) in [5.41, 5.74) is 9.88. The maximum atomic E-state index is 6.34. The van der Waals surface area contributed by atoms with Crippen LogP contribution < -0.4 is 0 Å². The van der Waals surface area contributed by atoms with E-state index in [1.54, 1.807) is 0 Å². The number of oxazole rings is 1. The molecule has 0 spiro atoms. The second kappa shape index (κ2) is 12.8. The van der Waals surface area contributed by atoms with Crippen molar-refractivity contribution in [1.29, 1.82) is 0 Å². The van der Waals surface area contributed by atoms with Crippen LogP contribution in [-0.2, 0) is 0 Å². The lowest BCUT2D eigenvalue weighted by Gasteiger charge is -2.16. The largest absolute Gasteiger partial charge is 0.436 e. The van der Waals surface area contributed by atoms with E-state index in [1.807, 2.05) is 103 Å². The highest BCUT2D eigenvalue weighted by atomic mass is 16.3. The molecule has 7 aromatic carbocycles. The Labute approximate surface area is 305 Å². The molecule has 0 aliphatic rings. The van der Waals surface area contributed by atoms with Crippen LogP contribution in [0, 0.1) is 0 Å². The molecule has 0 saturated heterocycles. The zero-order chi connectivity index (χ0) is 35.1. The lowest BCUT2D eigenvalue weighted by molar-refractivity contribution is 0.620. The Balaban J connectivity index is 1.21. The van der Waals surface area contributed by atoms with Crippen LogP contribution in [-0.4, -0.2) is 24.9 Å². The second-order valence-corrected chi connectivity index (χ2v) is 12.9. The van der Waals surface area contributed by atoms with E-state index < -0.39 is 0 Å². The van der Waals surface area contributed by atoms with Crippen LogP contribution in [0.15, 0.2) is 180 Å². The van der Waals surface area contributed by atoms with E-state index in [1.165, 1.54) is 0 Å². The van der Waals surface area contributed by atoms with Crippen LogP contribution in [0.25, 0.3) is 101 Å². The van der Waals surface area contributed by atoms with Gasteiger partial charge in [0.15, 0.2) is 23.1 Å². The van der Waals surface area contributed by atoms with Gasteiger partial charge in [0, 0.05) is 38.6 Å². The molecule has 0 fully saturated rings. The van der Waals surface area contributed by atoms with Crippen molar-refractivity contribution in [3.05, 3.63) is 176 Å². The third kappa shape index (κ3) is 5.59. The number of pyridine rings is 1. The normalized spacial score (nSPS) is 11.4. The summed E-state index contributed by atoms with van der Waals surface area (Å²) >= 11 is 0. The molecule has 0 bridgehead atoms. The number of hydrogen-bond donors (Lipinski definition) is 0. The number of nitrogens with zero attached hydrogens (tertiary/aromatic N) is 5. The highest BCUT2D eigenvalue weighted by Gasteiger charge is 2.19. The first kappa shape index (κ1) is 30.5. The van der Waals surface area contributed by atoms with Crippen molar-refractivity contribution in [2.24, 2.45) is 0 Å². The van der Waals surface area contributed by atoms with Crippen molar-refractivity contribution in [2.45, 2.75) is 0 Å². The molecular formula is C47H29N5O. The molecule has 10 rings (SSSR count). The molecule has 10 aromatic rings. The molecule has 0 saturated carbocycles. The van der Waals surface area contributed by atoms with Crippen LogP contribution in [0.4, 0.5) is 0 Å². The van der Waals surface area contributed by atoms with Gasteiger partial charge in [-0.3, -0.25) is 0 Å². The lowest BCUT2D eigenvalue weighted by atomic mass is 9.92. The molecule has 0 aliphatic heterocycles. The summed E-state index contributed by atoms with van der Waals surface area (Å²) in [7, 11) is 0. The Kier molecular flexibility index (Phi) is 7.36. The smallest absolute Gasteiger partial charge is 0.227 e. The molecule has 0 N–H and O–H groups in total. The van der Waals surface area contributed by atoms with Gasteiger partial charge in [-0.2, -0.15) is 0 Å². The van der Waals surface area contributed by atoms with E-state index in [4.69, 9.17) is 29.3 Å². The minimum atomic E-state index is 0.578. The molecule has 3 aromatic heterocycles. The SMILES string of the molecule is c1ccc(-c2nc(-c3ccccc3)nc(-c3ccc(-c4ccc5nc(-c6ccccc6)oc5c4)c(-c4nc5ccccc5c5ccccc45)c3)n2)cc1. The van der Waals surface area contributed by atoms with Crippen LogP contribution in [0.5, 0.6) is 0 Å². The van der Waals surface area contributed by atoms with Gasteiger partial charge >= 0.3 is 0 Å². The van der Waals surface area contributed by atoms with Crippen molar-refractivity contribution in [3.63, 3.8) is 0 Å². The van der Waals surface area contributed by atoms with E-state index in [-0.39, 0.29) is 0 Å². The van der Waals surface area contributed by atoms with E-state index >= 15 is 0 Å². The van der Waals surface area contributed by atoms with Crippen molar-refractivity contribution in [2.75, 3.05) is 0 Å². The number of fused-ring (bicyclic) bond motifs is 4. The zero-order valence-corrected chi connectivity index (χ0v) is 28.4. The Bertz CT molecular complexity index is 2880. The van der Waals surface area contributed by atoms with Gasteiger partial charge in [0.25, 0.3) is 0 Å². The molecule has 53 heavy (non-hydrogen) atoms. The first-order valence-electron chi connectivity index (χ1n) is 17.5. The summed E-state index contributed by atoms with van der Waals surface area (Å²) in [4.78, 5) is 25.2. The standard InChI is InChI=1S/C47H29N5O/c1-4-14-30(15-5-1)44-50-45(31-16-6-2-7-17-31)52-46(51-44)34-24-26-35(33-25-27-41-42(29-33)53-47(49-41)32-18-8-3-9-19-32)39(28-34)43-38-22-11-10-20-36(38)37-21-12-13-23-40(37)48-43/h1-29H. The van der Waals surface area contributed by atoms with E-state index in [0.717, 1.165) is 71.8 Å². The average molecular weight is 680 g/mol. The minimum Gasteiger partial charge on any atom is -0.436 e. The van der Waals surface area contributed by atoms with Crippen molar-refractivity contribution < 1.29 is 4.42 Å². The van der Waals surface area contributed by atoms with Crippen molar-refractivity contribution in [3.8, 4) is 68.0 Å². The molecule has 0 atom stereocenters. The van der Waals surface area contributed by atoms with Gasteiger partial charge in [0.1, 0.15) is 5.52 Å². The number of rotatable bonds is 6. The third-order valence-corrected chi connectivity index (χ3v) is 9.56. The Hall–Kier alpha value is -7.31. The van der Waals surface area contributed by atoms with E-state index in [2.05, 4.69) is 72.8 Å². The summed E-state index contributed by atoms with van der Waals surface area (Å²) in [6.45, 7) is 0. The lowest BCUT2D eigenvalue weighted by Crippen LogP contribution is -2.01. The highest BCUT2D eigenvalue weighted by molar-refractivity contribution is 6.12. The molecular weight excluding hydrogens is 651 g/mol. The summed E-state index contributed by atoms with van der Waals surface area (Å²) < 4.78 is 6.34. The second-order valence-electron chi connectivity index (χ2n) is 12.9. The fourth-order valence-corrected chi connectivity index (χ4v) is 6.97. The van der Waals surface area contributed by atoms with Crippen molar-refractivity contribution in [1.82, 2.24) is 24.9 Å². The van der Waals surface area contributed by atoms with Gasteiger partial charge in [0.2, 0.25) is 5.89 Å². The zero-order valence-electron chi connectivity index (χ0n) is 28.4. The summed E-state index contributed by atoms with van der Waals surface area (Å²) in [5.74, 6) is 2.39. The maximum Gasteiger partial charge on any atom is 0.227 e. The fraction of sp³-hybridized carbons (Fsp3) is 0. The van der Waals surface area contributed by atoms with Crippen LogP contribution >= 0.6 is 0 Å². The molecule has 0 amide bonds. The molecule has 6 nitrogen and oxygen atoms in total. The summed E-state index contributed by atoms with van der Waals surface area (Å²) in [6.07, 6.45) is 0. The molecule has 6 heteroatoms. The maximum absolute atomic E-state index is 6.34. The molecule has 0 unspecified atom stereocenters. The van der Waals surface area contributed by atoms with Crippen LogP contribution in [0.1, 0.15) is 0 Å². The fourth-order valence-electron chi connectivity index (χ4n) is 6.97. The monoisotopic (exact) mass is 679 g/mol. The first-order valence-corrected chi connectivity index (χ1v) is 17.5. The molecule has 248 valence electrons.